The van der Waals surface area contributed by atoms with Crippen molar-refractivity contribution in [3.63, 3.8) is 0 Å². The maximum atomic E-state index is 10.8. The van der Waals surface area contributed by atoms with Crippen LogP contribution in [0.25, 0.3) is 0 Å². The molecule has 11 heavy (non-hydrogen) atoms. The van der Waals surface area contributed by atoms with E-state index in [0.29, 0.717) is 6.61 Å². The molecule has 0 aliphatic carbocycles. The van der Waals surface area contributed by atoms with Crippen molar-refractivity contribution in [1.82, 2.24) is 0 Å². The maximum Gasteiger partial charge on any atom is 0.324 e. The molecule has 0 amide bonds. The molecule has 4 heteroatoms. The molecule has 4 N–H and O–H groups in total. The van der Waals surface area contributed by atoms with Gasteiger partial charge in [-0.25, -0.2) is 0 Å². The molecule has 66 valence electrons. The van der Waals surface area contributed by atoms with Crippen LogP contribution in [0.15, 0.2) is 0 Å². The SMILES string of the molecule is CCCCOC(=O)[C@H](N)CN. The Labute approximate surface area is 66.9 Å². The Kier molecular flexibility index (Phi) is 5.78. The summed E-state index contributed by atoms with van der Waals surface area (Å²) >= 11 is 0. The summed E-state index contributed by atoms with van der Waals surface area (Å²) in [4.78, 5) is 10.8. The first-order valence-electron chi connectivity index (χ1n) is 3.84. The van der Waals surface area contributed by atoms with Crippen LogP contribution >= 0.6 is 0 Å². The number of unbranched alkanes of at least 4 members (excludes halogenated alkanes) is 1. The van der Waals surface area contributed by atoms with E-state index in [1.807, 2.05) is 6.92 Å². The van der Waals surface area contributed by atoms with Crippen molar-refractivity contribution in [3.05, 3.63) is 0 Å². The van der Waals surface area contributed by atoms with Crippen LogP contribution < -0.4 is 11.5 Å². The molecule has 0 spiro atoms. The van der Waals surface area contributed by atoms with Crippen molar-refractivity contribution < 1.29 is 9.53 Å². The molecule has 0 aromatic rings. The van der Waals surface area contributed by atoms with Crippen molar-refractivity contribution in [3.8, 4) is 0 Å². The summed E-state index contributed by atoms with van der Waals surface area (Å²) in [7, 11) is 0. The highest BCUT2D eigenvalue weighted by Crippen LogP contribution is 1.90. The molecule has 0 aliphatic rings. The highest BCUT2D eigenvalue weighted by molar-refractivity contribution is 5.75. The summed E-state index contributed by atoms with van der Waals surface area (Å²) in [5.74, 6) is -0.402. The average Bonchev–Trinajstić information content (AvgIpc) is 2.03. The van der Waals surface area contributed by atoms with Gasteiger partial charge in [0.15, 0.2) is 0 Å². The summed E-state index contributed by atoms with van der Waals surface area (Å²) < 4.78 is 4.79. The van der Waals surface area contributed by atoms with Gasteiger partial charge in [-0.15, -0.1) is 0 Å². The zero-order valence-corrected chi connectivity index (χ0v) is 6.88. The molecule has 0 saturated carbocycles. The number of ether oxygens (including phenoxy) is 1. The monoisotopic (exact) mass is 160 g/mol. The van der Waals surface area contributed by atoms with Crippen molar-refractivity contribution in [2.24, 2.45) is 11.5 Å². The Balaban J connectivity index is 3.36. The highest BCUT2D eigenvalue weighted by atomic mass is 16.5. The van der Waals surface area contributed by atoms with E-state index in [0.717, 1.165) is 12.8 Å². The molecule has 0 aromatic heterocycles. The number of nitrogens with two attached hydrogens (primary N) is 2. The quantitative estimate of drug-likeness (QED) is 0.424. The largest absolute Gasteiger partial charge is 0.464 e. The van der Waals surface area contributed by atoms with Crippen molar-refractivity contribution in [2.45, 2.75) is 25.8 Å². The zero-order valence-electron chi connectivity index (χ0n) is 6.88. The number of rotatable bonds is 5. The van der Waals surface area contributed by atoms with Crippen LogP contribution in [-0.4, -0.2) is 25.2 Å². The lowest BCUT2D eigenvalue weighted by molar-refractivity contribution is -0.145. The van der Waals surface area contributed by atoms with Crippen molar-refractivity contribution in [1.29, 1.82) is 0 Å². The first-order chi connectivity index (χ1) is 5.22. The smallest absolute Gasteiger partial charge is 0.324 e. The average molecular weight is 160 g/mol. The molecule has 1 atom stereocenters. The van der Waals surface area contributed by atoms with Gasteiger partial charge in [-0.2, -0.15) is 0 Å². The number of hydrogen-bond acceptors (Lipinski definition) is 4. The molecule has 0 unspecified atom stereocenters. The molecular weight excluding hydrogens is 144 g/mol. The van der Waals surface area contributed by atoms with Gasteiger partial charge in [-0.1, -0.05) is 13.3 Å². The minimum Gasteiger partial charge on any atom is -0.464 e. The van der Waals surface area contributed by atoms with E-state index in [4.69, 9.17) is 16.2 Å². The first kappa shape index (κ1) is 10.4. The minimum absolute atomic E-state index is 0.144. The van der Waals surface area contributed by atoms with Gasteiger partial charge >= 0.3 is 5.97 Å². The maximum absolute atomic E-state index is 10.8. The fourth-order valence-corrected chi connectivity index (χ4v) is 0.520. The van der Waals surface area contributed by atoms with E-state index < -0.39 is 12.0 Å². The predicted octanol–water partition coefficient (Wildman–Crippen LogP) is -0.384. The Morgan fingerprint density at radius 1 is 1.64 bits per heavy atom. The fraction of sp³-hybridized carbons (Fsp3) is 0.857. The molecule has 0 fully saturated rings. The number of esters is 1. The third kappa shape index (κ3) is 4.75. The molecule has 0 aliphatic heterocycles. The summed E-state index contributed by atoms with van der Waals surface area (Å²) in [5, 5.41) is 0. The normalized spacial score (nSPS) is 12.6. The van der Waals surface area contributed by atoms with E-state index in [-0.39, 0.29) is 6.54 Å². The van der Waals surface area contributed by atoms with Crippen LogP contribution in [0, 0.1) is 0 Å². The second-order valence-corrected chi connectivity index (χ2v) is 2.36. The van der Waals surface area contributed by atoms with E-state index in [1.54, 1.807) is 0 Å². The topological polar surface area (TPSA) is 78.3 Å². The predicted molar refractivity (Wildman–Crippen MR) is 42.9 cm³/mol. The lowest BCUT2D eigenvalue weighted by Crippen LogP contribution is -2.39. The van der Waals surface area contributed by atoms with E-state index in [2.05, 4.69) is 0 Å². The standard InChI is InChI=1S/C7H16N2O2/c1-2-3-4-11-7(10)6(9)5-8/h6H,2-5,8-9H2,1H3/t6-/m1/s1. The van der Waals surface area contributed by atoms with Gasteiger partial charge in [0.05, 0.1) is 6.61 Å². The number of hydrogen-bond donors (Lipinski definition) is 2. The number of carbonyl (C=O) groups is 1. The Hall–Kier alpha value is -0.610. The van der Waals surface area contributed by atoms with Crippen LogP contribution in [-0.2, 0) is 9.53 Å². The summed E-state index contributed by atoms with van der Waals surface area (Å²) in [6.07, 6.45) is 1.88. The molecule has 4 nitrogen and oxygen atoms in total. The van der Waals surface area contributed by atoms with Gasteiger partial charge in [-0.3, -0.25) is 4.79 Å². The number of carbonyl (C=O) groups excluding carboxylic acids is 1. The fourth-order valence-electron chi connectivity index (χ4n) is 0.520. The van der Waals surface area contributed by atoms with Gasteiger partial charge in [0, 0.05) is 6.54 Å². The molecule has 0 saturated heterocycles. The van der Waals surface area contributed by atoms with Gasteiger partial charge in [-0.05, 0) is 6.42 Å². The zero-order chi connectivity index (χ0) is 8.69. The molecule has 0 rings (SSSR count). The highest BCUT2D eigenvalue weighted by Gasteiger charge is 2.11. The first-order valence-corrected chi connectivity index (χ1v) is 3.84. The van der Waals surface area contributed by atoms with Crippen LogP contribution in [0.4, 0.5) is 0 Å². The molecule has 0 radical (unpaired) electrons. The lowest BCUT2D eigenvalue weighted by Gasteiger charge is -2.07. The Morgan fingerprint density at radius 2 is 2.27 bits per heavy atom. The van der Waals surface area contributed by atoms with Crippen LogP contribution in [0.1, 0.15) is 19.8 Å². The second kappa shape index (κ2) is 6.12. The van der Waals surface area contributed by atoms with Gasteiger partial charge in [0.2, 0.25) is 0 Å². The van der Waals surface area contributed by atoms with E-state index in [9.17, 15) is 4.79 Å². The Bertz CT molecular complexity index is 117. The van der Waals surface area contributed by atoms with Crippen molar-refractivity contribution in [2.75, 3.05) is 13.2 Å². The second-order valence-electron chi connectivity index (χ2n) is 2.36. The van der Waals surface area contributed by atoms with E-state index in [1.165, 1.54) is 0 Å². The van der Waals surface area contributed by atoms with Crippen LogP contribution in [0.3, 0.4) is 0 Å². The van der Waals surface area contributed by atoms with Gasteiger partial charge < -0.3 is 16.2 Å². The summed E-state index contributed by atoms with van der Waals surface area (Å²) in [5.41, 5.74) is 10.5. The lowest BCUT2D eigenvalue weighted by atomic mass is 10.3. The molecule has 0 aromatic carbocycles. The van der Waals surface area contributed by atoms with Crippen LogP contribution in [0.5, 0.6) is 0 Å². The van der Waals surface area contributed by atoms with Crippen LogP contribution in [0.2, 0.25) is 0 Å². The molecular formula is C7H16N2O2. The third-order valence-electron chi connectivity index (χ3n) is 1.30. The third-order valence-corrected chi connectivity index (χ3v) is 1.30. The van der Waals surface area contributed by atoms with Gasteiger partial charge in [0.25, 0.3) is 0 Å². The molecule has 0 bridgehead atoms. The minimum atomic E-state index is -0.660. The summed E-state index contributed by atoms with van der Waals surface area (Å²) in [6.45, 7) is 2.62. The van der Waals surface area contributed by atoms with Gasteiger partial charge in [0.1, 0.15) is 6.04 Å². The summed E-state index contributed by atoms with van der Waals surface area (Å²) in [6, 6.07) is -0.660. The Morgan fingerprint density at radius 3 is 2.73 bits per heavy atom. The molecule has 0 heterocycles. The van der Waals surface area contributed by atoms with E-state index >= 15 is 0 Å². The van der Waals surface area contributed by atoms with Crippen molar-refractivity contribution >= 4 is 5.97 Å².